The molecule has 0 aliphatic rings. The summed E-state index contributed by atoms with van der Waals surface area (Å²) in [6, 6.07) is 14.0. The minimum Gasteiger partial charge on any atom is -0.453 e. The number of fused-ring (bicyclic) bond motifs is 1. The first-order valence-electron chi connectivity index (χ1n) is 5.73. The van der Waals surface area contributed by atoms with Crippen molar-refractivity contribution in [2.24, 2.45) is 0 Å². The molecule has 0 bridgehead atoms. The van der Waals surface area contributed by atoms with Gasteiger partial charge in [0.25, 0.3) is 0 Å². The number of hydrogen-bond acceptors (Lipinski definition) is 3. The van der Waals surface area contributed by atoms with Crippen LogP contribution in [0, 0.1) is 0 Å². The second-order valence-corrected chi connectivity index (χ2v) is 4.62. The predicted octanol–water partition coefficient (Wildman–Crippen LogP) is 3.90. The molecule has 19 heavy (non-hydrogen) atoms. The van der Waals surface area contributed by atoms with Crippen LogP contribution < -0.4 is 5.73 Å². The Labute approximate surface area is 114 Å². The van der Waals surface area contributed by atoms with Gasteiger partial charge >= 0.3 is 0 Å². The number of ketones is 1. The fourth-order valence-electron chi connectivity index (χ4n) is 1.90. The third kappa shape index (κ3) is 2.09. The number of benzene rings is 2. The van der Waals surface area contributed by atoms with E-state index in [1.54, 1.807) is 24.3 Å². The van der Waals surface area contributed by atoms with E-state index in [-0.39, 0.29) is 5.78 Å². The Bertz CT molecular complexity index is 744. The lowest BCUT2D eigenvalue weighted by molar-refractivity contribution is 0.101. The Morgan fingerprint density at radius 2 is 1.89 bits per heavy atom. The Kier molecular flexibility index (Phi) is 2.76. The van der Waals surface area contributed by atoms with Crippen LogP contribution in [0.1, 0.15) is 16.1 Å². The van der Waals surface area contributed by atoms with Gasteiger partial charge in [0.1, 0.15) is 5.58 Å². The minimum atomic E-state index is -0.210. The molecule has 94 valence electrons. The number of nitrogen functional groups attached to an aromatic ring is 1. The zero-order chi connectivity index (χ0) is 13.4. The van der Waals surface area contributed by atoms with Gasteiger partial charge in [-0.05, 0) is 30.3 Å². The molecule has 2 N–H and O–H groups in total. The zero-order valence-electron chi connectivity index (χ0n) is 9.89. The van der Waals surface area contributed by atoms with E-state index < -0.39 is 0 Å². The Morgan fingerprint density at radius 3 is 2.63 bits per heavy atom. The fourth-order valence-corrected chi connectivity index (χ4v) is 2.08. The molecule has 0 spiro atoms. The van der Waals surface area contributed by atoms with Crippen molar-refractivity contribution in [3.8, 4) is 0 Å². The average molecular weight is 272 g/mol. The molecule has 1 aromatic heterocycles. The van der Waals surface area contributed by atoms with Gasteiger partial charge in [0.15, 0.2) is 5.76 Å². The van der Waals surface area contributed by atoms with Gasteiger partial charge in [-0.1, -0.05) is 29.8 Å². The van der Waals surface area contributed by atoms with Crippen molar-refractivity contribution in [2.45, 2.75) is 0 Å². The maximum absolute atomic E-state index is 12.3. The van der Waals surface area contributed by atoms with Crippen molar-refractivity contribution >= 4 is 34.0 Å². The Hall–Kier alpha value is -2.26. The van der Waals surface area contributed by atoms with E-state index >= 15 is 0 Å². The molecular weight excluding hydrogens is 262 g/mol. The lowest BCUT2D eigenvalue weighted by Crippen LogP contribution is -2.00. The number of rotatable bonds is 2. The lowest BCUT2D eigenvalue weighted by atomic mass is 10.1. The number of hydrogen-bond donors (Lipinski definition) is 1. The van der Waals surface area contributed by atoms with Gasteiger partial charge in [0.2, 0.25) is 5.78 Å². The van der Waals surface area contributed by atoms with Crippen LogP contribution in [0.15, 0.2) is 52.9 Å². The quantitative estimate of drug-likeness (QED) is 0.568. The van der Waals surface area contributed by atoms with Crippen molar-refractivity contribution in [3.63, 3.8) is 0 Å². The molecule has 0 aliphatic heterocycles. The van der Waals surface area contributed by atoms with E-state index in [1.807, 2.05) is 24.3 Å². The van der Waals surface area contributed by atoms with Crippen molar-refractivity contribution < 1.29 is 9.21 Å². The molecule has 3 aromatic rings. The van der Waals surface area contributed by atoms with E-state index in [4.69, 9.17) is 21.8 Å². The summed E-state index contributed by atoms with van der Waals surface area (Å²) in [7, 11) is 0. The lowest BCUT2D eigenvalue weighted by Gasteiger charge is -2.01. The summed E-state index contributed by atoms with van der Waals surface area (Å²) >= 11 is 5.92. The number of anilines is 1. The molecule has 0 radical (unpaired) electrons. The molecule has 3 nitrogen and oxygen atoms in total. The van der Waals surface area contributed by atoms with Crippen LogP contribution in [-0.4, -0.2) is 5.78 Å². The van der Waals surface area contributed by atoms with E-state index in [0.29, 0.717) is 27.6 Å². The zero-order valence-corrected chi connectivity index (χ0v) is 10.6. The fraction of sp³-hybridized carbons (Fsp3) is 0. The molecule has 0 atom stereocenters. The first-order chi connectivity index (χ1) is 9.15. The highest BCUT2D eigenvalue weighted by Gasteiger charge is 2.15. The standard InChI is InChI=1S/C15H10ClNO2/c16-11-7-10(5-6-12(11)17)15(18)14-8-9-3-1-2-4-13(9)19-14/h1-8H,17H2. The number of para-hydroxylation sites is 1. The third-order valence-electron chi connectivity index (χ3n) is 2.91. The summed E-state index contributed by atoms with van der Waals surface area (Å²) < 4.78 is 5.53. The van der Waals surface area contributed by atoms with E-state index in [0.717, 1.165) is 5.39 Å². The Morgan fingerprint density at radius 1 is 1.11 bits per heavy atom. The van der Waals surface area contributed by atoms with Gasteiger partial charge in [-0.2, -0.15) is 0 Å². The second kappa shape index (κ2) is 4.44. The smallest absolute Gasteiger partial charge is 0.228 e. The van der Waals surface area contributed by atoms with Crippen molar-refractivity contribution in [1.29, 1.82) is 0 Å². The highest BCUT2D eigenvalue weighted by Crippen LogP contribution is 2.24. The summed E-state index contributed by atoms with van der Waals surface area (Å²) in [5, 5.41) is 1.26. The van der Waals surface area contributed by atoms with Crippen molar-refractivity contribution in [1.82, 2.24) is 0 Å². The SMILES string of the molecule is Nc1ccc(C(=O)c2cc3ccccc3o2)cc1Cl. The van der Waals surface area contributed by atoms with E-state index in [9.17, 15) is 4.79 Å². The van der Waals surface area contributed by atoms with Crippen LogP contribution in [0.4, 0.5) is 5.69 Å². The van der Waals surface area contributed by atoms with Gasteiger partial charge in [0.05, 0.1) is 10.7 Å². The molecule has 0 fully saturated rings. The number of carbonyl (C=O) groups is 1. The predicted molar refractivity (Wildman–Crippen MR) is 75.5 cm³/mol. The number of halogens is 1. The number of carbonyl (C=O) groups excluding carboxylic acids is 1. The molecule has 3 rings (SSSR count). The summed E-state index contributed by atoms with van der Waals surface area (Å²) in [6.07, 6.45) is 0. The van der Waals surface area contributed by atoms with Crippen LogP contribution in [-0.2, 0) is 0 Å². The van der Waals surface area contributed by atoms with Gasteiger partial charge in [-0.3, -0.25) is 4.79 Å². The topological polar surface area (TPSA) is 56.2 Å². The average Bonchev–Trinajstić information content (AvgIpc) is 2.85. The molecular formula is C15H10ClNO2. The molecule has 1 heterocycles. The van der Waals surface area contributed by atoms with Crippen molar-refractivity contribution in [2.75, 3.05) is 5.73 Å². The first-order valence-corrected chi connectivity index (χ1v) is 6.11. The van der Waals surface area contributed by atoms with E-state index in [1.165, 1.54) is 0 Å². The van der Waals surface area contributed by atoms with Gasteiger partial charge in [0, 0.05) is 10.9 Å². The molecule has 0 unspecified atom stereocenters. The van der Waals surface area contributed by atoms with Crippen LogP contribution in [0.3, 0.4) is 0 Å². The number of nitrogens with two attached hydrogens (primary N) is 1. The highest BCUT2D eigenvalue weighted by atomic mass is 35.5. The van der Waals surface area contributed by atoms with Crippen LogP contribution >= 0.6 is 11.6 Å². The summed E-state index contributed by atoms with van der Waals surface area (Å²) in [6.45, 7) is 0. The van der Waals surface area contributed by atoms with Gasteiger partial charge in [-0.15, -0.1) is 0 Å². The molecule has 4 heteroatoms. The normalized spacial score (nSPS) is 10.8. The largest absolute Gasteiger partial charge is 0.453 e. The van der Waals surface area contributed by atoms with Crippen LogP contribution in [0.25, 0.3) is 11.0 Å². The highest BCUT2D eigenvalue weighted by molar-refractivity contribution is 6.33. The van der Waals surface area contributed by atoms with Crippen molar-refractivity contribution in [3.05, 3.63) is 64.9 Å². The maximum Gasteiger partial charge on any atom is 0.228 e. The summed E-state index contributed by atoms with van der Waals surface area (Å²) in [5.74, 6) is 0.0835. The summed E-state index contributed by atoms with van der Waals surface area (Å²) in [5.41, 5.74) is 7.21. The molecule has 2 aromatic carbocycles. The van der Waals surface area contributed by atoms with Gasteiger partial charge in [-0.25, -0.2) is 0 Å². The van der Waals surface area contributed by atoms with Gasteiger partial charge < -0.3 is 10.2 Å². The molecule has 0 saturated carbocycles. The minimum absolute atomic E-state index is 0.210. The van der Waals surface area contributed by atoms with Crippen LogP contribution in [0.5, 0.6) is 0 Å². The molecule has 0 saturated heterocycles. The monoisotopic (exact) mass is 271 g/mol. The third-order valence-corrected chi connectivity index (χ3v) is 3.24. The number of furan rings is 1. The first kappa shape index (κ1) is 11.8. The van der Waals surface area contributed by atoms with E-state index in [2.05, 4.69) is 0 Å². The Balaban J connectivity index is 2.05. The second-order valence-electron chi connectivity index (χ2n) is 4.21. The molecule has 0 aliphatic carbocycles. The van der Waals surface area contributed by atoms with Crippen LogP contribution in [0.2, 0.25) is 5.02 Å². The maximum atomic E-state index is 12.3. The summed E-state index contributed by atoms with van der Waals surface area (Å²) in [4.78, 5) is 12.3. The molecule has 0 amide bonds.